The van der Waals surface area contributed by atoms with E-state index in [0.29, 0.717) is 30.4 Å². The van der Waals surface area contributed by atoms with E-state index in [-0.39, 0.29) is 30.3 Å². The molecular weight excluding hydrogens is 377 g/mol. The largest absolute Gasteiger partial charge is 0.377 e. The van der Waals surface area contributed by atoms with Gasteiger partial charge in [-0.3, -0.25) is 4.79 Å². The Bertz CT molecular complexity index is 1020. The minimum Gasteiger partial charge on any atom is -0.377 e. The molecule has 1 fully saturated rings. The first-order valence-electron chi connectivity index (χ1n) is 9.27. The molecule has 4 rings (SSSR count). The van der Waals surface area contributed by atoms with Crippen molar-refractivity contribution in [2.75, 3.05) is 37.5 Å². The van der Waals surface area contributed by atoms with Crippen LogP contribution in [0.25, 0.3) is 5.65 Å². The van der Waals surface area contributed by atoms with Gasteiger partial charge in [-0.15, -0.1) is 0 Å². The molecule has 4 heterocycles. The summed E-state index contributed by atoms with van der Waals surface area (Å²) in [5.41, 5.74) is 1.17. The number of ether oxygens (including phenoxy) is 1. The van der Waals surface area contributed by atoms with Gasteiger partial charge in [0.05, 0.1) is 24.3 Å². The van der Waals surface area contributed by atoms with E-state index in [1.165, 1.54) is 12.3 Å². The molecule has 2 N–H and O–H groups in total. The Labute approximate surface area is 166 Å². The number of pyridine rings is 1. The SMILES string of the molecule is CNc1nccc(N2C[C@H](OC)[C@H](NC(=O)Cc3cn4cc(F)ccc4n3)C2)n1. The van der Waals surface area contributed by atoms with Crippen molar-refractivity contribution in [1.82, 2.24) is 24.7 Å². The Balaban J connectivity index is 1.42. The second-order valence-corrected chi connectivity index (χ2v) is 6.86. The Morgan fingerprint density at radius 2 is 2.14 bits per heavy atom. The Kier molecular flexibility index (Phi) is 5.26. The van der Waals surface area contributed by atoms with Gasteiger partial charge in [-0.05, 0) is 18.2 Å². The quantitative estimate of drug-likeness (QED) is 0.635. The van der Waals surface area contributed by atoms with Crippen molar-refractivity contribution in [2.24, 2.45) is 0 Å². The summed E-state index contributed by atoms with van der Waals surface area (Å²) < 4.78 is 20.5. The molecule has 0 aliphatic carbocycles. The Morgan fingerprint density at radius 1 is 1.28 bits per heavy atom. The molecule has 0 radical (unpaired) electrons. The molecule has 0 unspecified atom stereocenters. The van der Waals surface area contributed by atoms with E-state index in [1.54, 1.807) is 37.0 Å². The van der Waals surface area contributed by atoms with Crippen LogP contribution in [0.2, 0.25) is 0 Å². The van der Waals surface area contributed by atoms with Gasteiger partial charge in [0.25, 0.3) is 0 Å². The molecule has 0 aromatic carbocycles. The lowest BCUT2D eigenvalue weighted by Gasteiger charge is -2.18. The summed E-state index contributed by atoms with van der Waals surface area (Å²) in [7, 11) is 3.39. The number of aromatic nitrogens is 4. The number of fused-ring (bicyclic) bond motifs is 1. The molecule has 1 aliphatic rings. The van der Waals surface area contributed by atoms with Crippen molar-refractivity contribution < 1.29 is 13.9 Å². The predicted molar refractivity (Wildman–Crippen MR) is 105 cm³/mol. The second kappa shape index (κ2) is 8.00. The Morgan fingerprint density at radius 3 is 2.93 bits per heavy atom. The average molecular weight is 399 g/mol. The maximum atomic E-state index is 13.3. The van der Waals surface area contributed by atoms with E-state index in [0.717, 1.165) is 5.82 Å². The van der Waals surface area contributed by atoms with Crippen LogP contribution >= 0.6 is 0 Å². The first-order chi connectivity index (χ1) is 14.1. The summed E-state index contributed by atoms with van der Waals surface area (Å²) in [6.45, 7) is 1.18. The number of methoxy groups -OCH3 is 1. The molecule has 2 atom stereocenters. The zero-order chi connectivity index (χ0) is 20.4. The molecule has 0 spiro atoms. The second-order valence-electron chi connectivity index (χ2n) is 6.86. The third-order valence-electron chi connectivity index (χ3n) is 4.91. The van der Waals surface area contributed by atoms with E-state index < -0.39 is 0 Å². The molecule has 3 aromatic rings. The van der Waals surface area contributed by atoms with Crippen LogP contribution in [0.1, 0.15) is 5.69 Å². The van der Waals surface area contributed by atoms with Crippen LogP contribution in [0.3, 0.4) is 0 Å². The number of imidazole rings is 1. The first kappa shape index (κ1) is 19.1. The van der Waals surface area contributed by atoms with Crippen LogP contribution in [-0.4, -0.2) is 64.7 Å². The molecule has 3 aromatic heterocycles. The monoisotopic (exact) mass is 399 g/mol. The molecule has 152 valence electrons. The minimum atomic E-state index is -0.356. The number of amides is 1. The van der Waals surface area contributed by atoms with E-state index in [4.69, 9.17) is 4.74 Å². The highest BCUT2D eigenvalue weighted by atomic mass is 19.1. The number of hydrogen-bond donors (Lipinski definition) is 2. The zero-order valence-electron chi connectivity index (χ0n) is 16.2. The number of nitrogens with one attached hydrogen (secondary N) is 2. The van der Waals surface area contributed by atoms with E-state index in [2.05, 4.69) is 30.5 Å². The summed E-state index contributed by atoms with van der Waals surface area (Å²) in [6.07, 6.45) is 4.62. The molecule has 9 nitrogen and oxygen atoms in total. The molecule has 10 heteroatoms. The van der Waals surface area contributed by atoms with Crippen LogP contribution in [0, 0.1) is 5.82 Å². The normalized spacial score (nSPS) is 18.9. The van der Waals surface area contributed by atoms with Crippen molar-refractivity contribution >= 4 is 23.3 Å². The van der Waals surface area contributed by atoms with Gasteiger partial charge in [0.1, 0.15) is 17.3 Å². The fraction of sp³-hybridized carbons (Fsp3) is 0.368. The van der Waals surface area contributed by atoms with Gasteiger partial charge < -0.3 is 24.7 Å². The van der Waals surface area contributed by atoms with Gasteiger partial charge in [-0.25, -0.2) is 14.4 Å². The van der Waals surface area contributed by atoms with Crippen molar-refractivity contribution in [3.63, 3.8) is 0 Å². The van der Waals surface area contributed by atoms with E-state index >= 15 is 0 Å². The van der Waals surface area contributed by atoms with Crippen LogP contribution in [-0.2, 0) is 16.0 Å². The van der Waals surface area contributed by atoms with E-state index in [9.17, 15) is 9.18 Å². The minimum absolute atomic E-state index is 0.105. The smallest absolute Gasteiger partial charge is 0.226 e. The van der Waals surface area contributed by atoms with Gasteiger partial charge in [0.15, 0.2) is 0 Å². The van der Waals surface area contributed by atoms with Crippen molar-refractivity contribution in [3.05, 3.63) is 48.3 Å². The van der Waals surface area contributed by atoms with Gasteiger partial charge in [-0.1, -0.05) is 0 Å². The predicted octanol–water partition coefficient (Wildman–Crippen LogP) is 0.868. The maximum Gasteiger partial charge on any atom is 0.226 e. The van der Waals surface area contributed by atoms with Crippen molar-refractivity contribution in [2.45, 2.75) is 18.6 Å². The van der Waals surface area contributed by atoms with Gasteiger partial charge in [0, 0.05) is 45.8 Å². The third-order valence-corrected chi connectivity index (χ3v) is 4.91. The number of nitrogens with zero attached hydrogens (tertiary/aromatic N) is 5. The first-order valence-corrected chi connectivity index (χ1v) is 9.27. The molecule has 29 heavy (non-hydrogen) atoms. The summed E-state index contributed by atoms with van der Waals surface area (Å²) >= 11 is 0. The maximum absolute atomic E-state index is 13.3. The highest BCUT2D eigenvalue weighted by Gasteiger charge is 2.34. The summed E-state index contributed by atoms with van der Waals surface area (Å²) in [4.78, 5) is 27.6. The molecule has 1 aliphatic heterocycles. The highest BCUT2D eigenvalue weighted by Crippen LogP contribution is 2.21. The van der Waals surface area contributed by atoms with Gasteiger partial charge in [-0.2, -0.15) is 4.98 Å². The summed E-state index contributed by atoms with van der Waals surface area (Å²) in [5.74, 6) is 0.783. The molecular formula is C19H22FN7O2. The van der Waals surface area contributed by atoms with Crippen LogP contribution in [0.15, 0.2) is 36.8 Å². The molecule has 1 saturated heterocycles. The average Bonchev–Trinajstić information content (AvgIpc) is 3.30. The number of hydrogen-bond acceptors (Lipinski definition) is 7. The van der Waals surface area contributed by atoms with Crippen LogP contribution in [0.5, 0.6) is 0 Å². The lowest BCUT2D eigenvalue weighted by molar-refractivity contribution is -0.121. The number of carbonyl (C=O) groups is 1. The highest BCUT2D eigenvalue weighted by molar-refractivity contribution is 5.79. The van der Waals surface area contributed by atoms with E-state index in [1.807, 2.05) is 6.07 Å². The molecule has 0 bridgehead atoms. The summed E-state index contributed by atoms with van der Waals surface area (Å²) in [5, 5.41) is 5.94. The summed E-state index contributed by atoms with van der Waals surface area (Å²) in [6, 6.07) is 4.56. The fourth-order valence-electron chi connectivity index (χ4n) is 3.51. The molecule has 0 saturated carbocycles. The van der Waals surface area contributed by atoms with Gasteiger partial charge in [0.2, 0.25) is 11.9 Å². The number of halogens is 1. The number of anilines is 2. The van der Waals surface area contributed by atoms with Crippen LogP contribution < -0.4 is 15.5 Å². The third kappa shape index (κ3) is 4.11. The Hall–Kier alpha value is -3.27. The van der Waals surface area contributed by atoms with Crippen molar-refractivity contribution in [1.29, 1.82) is 0 Å². The van der Waals surface area contributed by atoms with Gasteiger partial charge >= 0.3 is 0 Å². The number of rotatable bonds is 6. The standard InChI is InChI=1S/C19H22FN7O2/c1-21-19-22-6-5-17(25-19)27-10-14(15(11-27)29-2)24-18(28)7-13-9-26-8-12(20)3-4-16(26)23-13/h3-6,8-9,14-15H,7,10-11H2,1-2H3,(H,24,28)(H,21,22,25)/t14-,15+/m1/s1. The van der Waals surface area contributed by atoms with Crippen LogP contribution in [0.4, 0.5) is 16.2 Å². The lowest BCUT2D eigenvalue weighted by Crippen LogP contribution is -2.44. The van der Waals surface area contributed by atoms with Crippen molar-refractivity contribution in [3.8, 4) is 0 Å². The zero-order valence-corrected chi connectivity index (χ0v) is 16.2. The fourth-order valence-corrected chi connectivity index (χ4v) is 3.51. The topological polar surface area (TPSA) is 96.7 Å². The lowest BCUT2D eigenvalue weighted by atomic mass is 10.2. The molecule has 1 amide bonds. The number of carbonyl (C=O) groups excluding carboxylic acids is 1.